The lowest BCUT2D eigenvalue weighted by Gasteiger charge is -2.06. The van der Waals surface area contributed by atoms with Gasteiger partial charge in [-0.05, 0) is 37.1 Å². The van der Waals surface area contributed by atoms with E-state index in [4.69, 9.17) is 10.5 Å². The second-order valence-corrected chi connectivity index (χ2v) is 4.32. The fraction of sp³-hybridized carbons (Fsp3) is 0.214. The van der Waals surface area contributed by atoms with Crippen molar-refractivity contribution in [1.29, 1.82) is 0 Å². The number of rotatable bonds is 3. The molecule has 17 heavy (non-hydrogen) atoms. The summed E-state index contributed by atoms with van der Waals surface area (Å²) < 4.78 is 5.76. The summed E-state index contributed by atoms with van der Waals surface area (Å²) >= 11 is 0. The molecular formula is C14H14N2O. The molecule has 1 aliphatic rings. The number of nitrogen functional groups attached to an aromatic ring is 1. The molecule has 0 saturated heterocycles. The van der Waals surface area contributed by atoms with Crippen molar-refractivity contribution in [3.05, 3.63) is 42.6 Å². The third-order valence-corrected chi connectivity index (χ3v) is 2.74. The van der Waals surface area contributed by atoms with Gasteiger partial charge in [0.2, 0.25) is 0 Å². The standard InChI is InChI=1S/C14H14N2O/c15-11-4-7-14(16-9-11)10-2-1-3-13(8-10)17-12-5-6-12/h1-4,7-9,12H,5-6,15H2. The highest BCUT2D eigenvalue weighted by Crippen LogP contribution is 2.29. The minimum Gasteiger partial charge on any atom is -0.490 e. The molecule has 1 fully saturated rings. The van der Waals surface area contributed by atoms with E-state index in [9.17, 15) is 0 Å². The zero-order valence-corrected chi connectivity index (χ0v) is 9.47. The topological polar surface area (TPSA) is 48.1 Å². The summed E-state index contributed by atoms with van der Waals surface area (Å²) in [6.07, 6.45) is 4.43. The summed E-state index contributed by atoms with van der Waals surface area (Å²) in [5, 5.41) is 0. The van der Waals surface area contributed by atoms with Crippen LogP contribution in [0.4, 0.5) is 5.69 Å². The van der Waals surface area contributed by atoms with Crippen molar-refractivity contribution in [2.24, 2.45) is 0 Å². The summed E-state index contributed by atoms with van der Waals surface area (Å²) in [5.74, 6) is 0.920. The predicted molar refractivity (Wildman–Crippen MR) is 67.7 cm³/mol. The highest BCUT2D eigenvalue weighted by atomic mass is 16.5. The van der Waals surface area contributed by atoms with Crippen molar-refractivity contribution in [3.63, 3.8) is 0 Å². The molecule has 0 unspecified atom stereocenters. The number of hydrogen-bond donors (Lipinski definition) is 1. The van der Waals surface area contributed by atoms with Crippen LogP contribution in [0.25, 0.3) is 11.3 Å². The van der Waals surface area contributed by atoms with E-state index in [0.29, 0.717) is 11.8 Å². The molecule has 0 amide bonds. The third-order valence-electron chi connectivity index (χ3n) is 2.74. The summed E-state index contributed by atoms with van der Waals surface area (Å²) in [4.78, 5) is 4.30. The van der Waals surface area contributed by atoms with Gasteiger partial charge in [0.25, 0.3) is 0 Å². The minimum absolute atomic E-state index is 0.421. The number of hydrogen-bond acceptors (Lipinski definition) is 3. The lowest BCUT2D eigenvalue weighted by atomic mass is 10.1. The third kappa shape index (κ3) is 2.38. The normalized spacial score (nSPS) is 14.6. The summed E-state index contributed by atoms with van der Waals surface area (Å²) in [6, 6.07) is 11.8. The van der Waals surface area contributed by atoms with Crippen LogP contribution in [0.1, 0.15) is 12.8 Å². The van der Waals surface area contributed by atoms with Crippen LogP contribution in [0, 0.1) is 0 Å². The lowest BCUT2D eigenvalue weighted by Crippen LogP contribution is -1.95. The number of aromatic nitrogens is 1. The molecule has 0 bridgehead atoms. The fourth-order valence-electron chi connectivity index (χ4n) is 1.68. The van der Waals surface area contributed by atoms with E-state index in [2.05, 4.69) is 4.98 Å². The van der Waals surface area contributed by atoms with Gasteiger partial charge >= 0.3 is 0 Å². The molecule has 3 heteroatoms. The predicted octanol–water partition coefficient (Wildman–Crippen LogP) is 2.87. The van der Waals surface area contributed by atoms with E-state index < -0.39 is 0 Å². The maximum absolute atomic E-state index is 5.76. The van der Waals surface area contributed by atoms with Crippen LogP contribution in [-0.4, -0.2) is 11.1 Å². The van der Waals surface area contributed by atoms with Gasteiger partial charge in [-0.25, -0.2) is 0 Å². The van der Waals surface area contributed by atoms with Crippen molar-refractivity contribution in [1.82, 2.24) is 4.98 Å². The van der Waals surface area contributed by atoms with Crippen molar-refractivity contribution in [3.8, 4) is 17.0 Å². The quantitative estimate of drug-likeness (QED) is 0.875. The van der Waals surface area contributed by atoms with Gasteiger partial charge in [0.05, 0.1) is 23.7 Å². The van der Waals surface area contributed by atoms with Crippen LogP contribution in [-0.2, 0) is 0 Å². The Morgan fingerprint density at radius 1 is 1.18 bits per heavy atom. The zero-order chi connectivity index (χ0) is 11.7. The SMILES string of the molecule is Nc1ccc(-c2cccc(OC3CC3)c2)nc1. The first-order valence-corrected chi connectivity index (χ1v) is 5.80. The van der Waals surface area contributed by atoms with Crippen molar-refractivity contribution < 1.29 is 4.74 Å². The van der Waals surface area contributed by atoms with Crippen LogP contribution >= 0.6 is 0 Å². The Bertz CT molecular complexity index is 518. The molecule has 2 aromatic rings. The number of ether oxygens (including phenoxy) is 1. The molecule has 0 aliphatic heterocycles. The number of pyridine rings is 1. The summed E-state index contributed by atoms with van der Waals surface area (Å²) in [6.45, 7) is 0. The molecule has 86 valence electrons. The monoisotopic (exact) mass is 226 g/mol. The van der Waals surface area contributed by atoms with Gasteiger partial charge in [-0.3, -0.25) is 4.98 Å². The van der Waals surface area contributed by atoms with Gasteiger partial charge in [0.15, 0.2) is 0 Å². The van der Waals surface area contributed by atoms with E-state index >= 15 is 0 Å². The van der Waals surface area contributed by atoms with E-state index in [1.165, 1.54) is 12.8 Å². The van der Waals surface area contributed by atoms with Gasteiger partial charge in [0, 0.05) is 5.56 Å². The fourth-order valence-corrected chi connectivity index (χ4v) is 1.68. The molecule has 0 radical (unpaired) electrons. The van der Waals surface area contributed by atoms with Crippen LogP contribution < -0.4 is 10.5 Å². The molecule has 1 saturated carbocycles. The first-order valence-electron chi connectivity index (χ1n) is 5.80. The molecule has 2 N–H and O–H groups in total. The van der Waals surface area contributed by atoms with Crippen molar-refractivity contribution in [2.75, 3.05) is 5.73 Å². The number of nitrogens with two attached hydrogens (primary N) is 1. The van der Waals surface area contributed by atoms with Crippen LogP contribution in [0.2, 0.25) is 0 Å². The largest absolute Gasteiger partial charge is 0.490 e. The summed E-state index contributed by atoms with van der Waals surface area (Å²) in [7, 11) is 0. The Morgan fingerprint density at radius 2 is 2.06 bits per heavy atom. The van der Waals surface area contributed by atoms with E-state index in [0.717, 1.165) is 17.0 Å². The first kappa shape index (κ1) is 10.1. The highest BCUT2D eigenvalue weighted by Gasteiger charge is 2.23. The second-order valence-electron chi connectivity index (χ2n) is 4.32. The van der Waals surface area contributed by atoms with Gasteiger partial charge in [-0.1, -0.05) is 12.1 Å². The molecular weight excluding hydrogens is 212 g/mol. The van der Waals surface area contributed by atoms with Crippen LogP contribution in [0.15, 0.2) is 42.6 Å². The molecule has 3 rings (SSSR count). The number of benzene rings is 1. The van der Waals surface area contributed by atoms with Crippen LogP contribution in [0.5, 0.6) is 5.75 Å². The van der Waals surface area contributed by atoms with E-state index in [1.807, 2.05) is 36.4 Å². The van der Waals surface area contributed by atoms with Crippen molar-refractivity contribution in [2.45, 2.75) is 18.9 Å². The Balaban J connectivity index is 1.88. The molecule has 0 atom stereocenters. The van der Waals surface area contributed by atoms with Crippen molar-refractivity contribution >= 4 is 5.69 Å². The van der Waals surface area contributed by atoms with Gasteiger partial charge < -0.3 is 10.5 Å². The van der Waals surface area contributed by atoms with Crippen LogP contribution in [0.3, 0.4) is 0 Å². The Labute approximate surface area is 100 Å². The lowest BCUT2D eigenvalue weighted by molar-refractivity contribution is 0.303. The average molecular weight is 226 g/mol. The maximum Gasteiger partial charge on any atom is 0.120 e. The smallest absolute Gasteiger partial charge is 0.120 e. The second kappa shape index (κ2) is 4.09. The number of anilines is 1. The number of nitrogens with zero attached hydrogens (tertiary/aromatic N) is 1. The van der Waals surface area contributed by atoms with E-state index in [1.54, 1.807) is 6.20 Å². The zero-order valence-electron chi connectivity index (χ0n) is 9.47. The molecule has 1 aromatic carbocycles. The average Bonchev–Trinajstić information content (AvgIpc) is 3.14. The highest BCUT2D eigenvalue weighted by molar-refractivity contribution is 5.62. The first-order chi connectivity index (χ1) is 8.31. The maximum atomic E-state index is 5.76. The Hall–Kier alpha value is -2.03. The minimum atomic E-state index is 0.421. The van der Waals surface area contributed by atoms with Gasteiger partial charge in [-0.2, -0.15) is 0 Å². The van der Waals surface area contributed by atoms with Gasteiger partial charge in [-0.15, -0.1) is 0 Å². The molecule has 1 aromatic heterocycles. The molecule has 1 heterocycles. The molecule has 1 aliphatic carbocycles. The Kier molecular flexibility index (Phi) is 2.44. The molecule has 3 nitrogen and oxygen atoms in total. The Morgan fingerprint density at radius 3 is 2.76 bits per heavy atom. The van der Waals surface area contributed by atoms with Gasteiger partial charge in [0.1, 0.15) is 5.75 Å². The molecule has 0 spiro atoms. The van der Waals surface area contributed by atoms with E-state index in [-0.39, 0.29) is 0 Å². The summed E-state index contributed by atoms with van der Waals surface area (Å²) in [5.41, 5.74) is 8.28.